The topological polar surface area (TPSA) is 77.3 Å². The van der Waals surface area contributed by atoms with Crippen LogP contribution >= 0.6 is 0 Å². The van der Waals surface area contributed by atoms with Gasteiger partial charge in [-0.3, -0.25) is 19.2 Å². The Bertz CT molecular complexity index is 1510. The van der Waals surface area contributed by atoms with Gasteiger partial charge >= 0.3 is 5.97 Å². The highest BCUT2D eigenvalue weighted by Crippen LogP contribution is 2.27. The number of aromatic nitrogens is 3. The second-order valence-corrected chi connectivity index (χ2v) is 8.13. The van der Waals surface area contributed by atoms with Gasteiger partial charge in [0.1, 0.15) is 5.82 Å². The van der Waals surface area contributed by atoms with Crippen LogP contribution in [0.15, 0.2) is 85.1 Å². The normalized spacial score (nSPS) is 11.0. The summed E-state index contributed by atoms with van der Waals surface area (Å²) in [5.74, 6) is 0.240. The van der Waals surface area contributed by atoms with E-state index < -0.39 is 0 Å². The molecule has 0 saturated carbocycles. The first-order chi connectivity index (χ1) is 17.2. The van der Waals surface area contributed by atoms with Crippen LogP contribution in [0.1, 0.15) is 18.2 Å². The number of rotatable bonds is 8. The van der Waals surface area contributed by atoms with Gasteiger partial charge in [0.2, 0.25) is 6.41 Å². The molecule has 0 radical (unpaired) electrons. The van der Waals surface area contributed by atoms with Gasteiger partial charge in [0.05, 0.1) is 36.5 Å². The van der Waals surface area contributed by atoms with Crippen LogP contribution in [0.5, 0.6) is 0 Å². The molecular formula is C28H24N4O3. The zero-order chi connectivity index (χ0) is 24.2. The van der Waals surface area contributed by atoms with Crippen molar-refractivity contribution in [1.82, 2.24) is 14.8 Å². The SMILES string of the molecule is CCOC(=O)Cc1nn(Cc2ccc(N(C=O)c3ccc4ccccc4c3)nc2)c2ccccc12. The van der Waals surface area contributed by atoms with Crippen LogP contribution in [0.2, 0.25) is 0 Å². The van der Waals surface area contributed by atoms with Crippen LogP contribution in [0, 0.1) is 0 Å². The molecular weight excluding hydrogens is 440 g/mol. The number of fused-ring (bicyclic) bond motifs is 2. The van der Waals surface area contributed by atoms with Gasteiger partial charge in [0, 0.05) is 11.6 Å². The second kappa shape index (κ2) is 9.77. The number of anilines is 2. The lowest BCUT2D eigenvalue weighted by Crippen LogP contribution is -2.15. The summed E-state index contributed by atoms with van der Waals surface area (Å²) in [6.07, 6.45) is 2.64. The maximum Gasteiger partial charge on any atom is 0.311 e. The highest BCUT2D eigenvalue weighted by Gasteiger charge is 2.15. The number of ether oxygens (including phenoxy) is 1. The number of nitrogens with zero attached hydrogens (tertiary/aromatic N) is 4. The standard InChI is InChI=1S/C28H24N4O3/c1-2-35-28(34)16-25-24-9-5-6-10-26(24)32(30-25)18-20-11-14-27(29-17-20)31(19-33)23-13-12-21-7-3-4-8-22(21)15-23/h3-15,17,19H,2,16,18H2,1H3. The number of para-hydroxylation sites is 1. The first kappa shape index (κ1) is 22.3. The van der Waals surface area contributed by atoms with E-state index in [2.05, 4.69) is 10.1 Å². The lowest BCUT2D eigenvalue weighted by atomic mass is 10.1. The summed E-state index contributed by atoms with van der Waals surface area (Å²) in [7, 11) is 0. The Morgan fingerprint density at radius 2 is 1.80 bits per heavy atom. The quantitative estimate of drug-likeness (QED) is 0.238. The molecule has 0 saturated heterocycles. The summed E-state index contributed by atoms with van der Waals surface area (Å²) in [6, 6.07) is 25.5. The Hall–Kier alpha value is -4.52. The number of hydrogen-bond donors (Lipinski definition) is 0. The summed E-state index contributed by atoms with van der Waals surface area (Å²) >= 11 is 0. The van der Waals surface area contributed by atoms with Crippen molar-refractivity contribution in [3.8, 4) is 0 Å². The molecule has 0 aliphatic heterocycles. The molecule has 0 atom stereocenters. The predicted molar refractivity (Wildman–Crippen MR) is 136 cm³/mol. The van der Waals surface area contributed by atoms with Gasteiger partial charge in [-0.1, -0.05) is 54.6 Å². The summed E-state index contributed by atoms with van der Waals surface area (Å²) in [4.78, 5) is 30.0. The Morgan fingerprint density at radius 3 is 2.57 bits per heavy atom. The van der Waals surface area contributed by atoms with E-state index >= 15 is 0 Å². The molecule has 35 heavy (non-hydrogen) atoms. The molecule has 7 heteroatoms. The third kappa shape index (κ3) is 4.61. The average Bonchev–Trinajstić information content (AvgIpc) is 3.22. The number of benzene rings is 3. The van der Waals surface area contributed by atoms with Gasteiger partial charge < -0.3 is 4.74 Å². The van der Waals surface area contributed by atoms with Crippen molar-refractivity contribution in [2.75, 3.05) is 11.5 Å². The highest BCUT2D eigenvalue weighted by atomic mass is 16.5. The second-order valence-electron chi connectivity index (χ2n) is 8.13. The van der Waals surface area contributed by atoms with Crippen LogP contribution in [0.4, 0.5) is 11.5 Å². The lowest BCUT2D eigenvalue weighted by molar-refractivity contribution is -0.142. The Kier molecular flexibility index (Phi) is 6.22. The molecule has 7 nitrogen and oxygen atoms in total. The van der Waals surface area contributed by atoms with Crippen LogP contribution in [0.25, 0.3) is 21.7 Å². The van der Waals surface area contributed by atoms with E-state index in [1.165, 1.54) is 4.90 Å². The van der Waals surface area contributed by atoms with Gasteiger partial charge in [0.25, 0.3) is 0 Å². The third-order valence-corrected chi connectivity index (χ3v) is 5.86. The van der Waals surface area contributed by atoms with E-state index in [-0.39, 0.29) is 12.4 Å². The van der Waals surface area contributed by atoms with Gasteiger partial charge in [-0.05, 0) is 47.5 Å². The Labute approximate surface area is 202 Å². The summed E-state index contributed by atoms with van der Waals surface area (Å²) < 4.78 is 6.96. The molecule has 0 N–H and O–H groups in total. The molecule has 3 aromatic carbocycles. The van der Waals surface area contributed by atoms with E-state index in [0.717, 1.165) is 39.3 Å². The van der Waals surface area contributed by atoms with Crippen molar-refractivity contribution in [2.45, 2.75) is 19.9 Å². The zero-order valence-electron chi connectivity index (χ0n) is 19.3. The van der Waals surface area contributed by atoms with Crippen molar-refractivity contribution >= 4 is 45.6 Å². The summed E-state index contributed by atoms with van der Waals surface area (Å²) in [5, 5.41) is 7.77. The molecule has 0 bridgehead atoms. The molecule has 0 spiro atoms. The van der Waals surface area contributed by atoms with Crippen LogP contribution in [-0.4, -0.2) is 33.8 Å². The van der Waals surface area contributed by atoms with Crippen molar-refractivity contribution in [2.24, 2.45) is 0 Å². The lowest BCUT2D eigenvalue weighted by Gasteiger charge is -2.17. The van der Waals surface area contributed by atoms with Crippen molar-refractivity contribution < 1.29 is 14.3 Å². The van der Waals surface area contributed by atoms with Crippen LogP contribution in [-0.2, 0) is 27.3 Å². The minimum Gasteiger partial charge on any atom is -0.466 e. The van der Waals surface area contributed by atoms with Gasteiger partial charge in [-0.25, -0.2) is 4.98 Å². The third-order valence-electron chi connectivity index (χ3n) is 5.86. The van der Waals surface area contributed by atoms with Crippen LogP contribution in [0.3, 0.4) is 0 Å². The molecule has 5 aromatic rings. The molecule has 0 unspecified atom stereocenters. The number of esters is 1. The zero-order valence-corrected chi connectivity index (χ0v) is 19.3. The highest BCUT2D eigenvalue weighted by molar-refractivity contribution is 5.92. The van der Waals surface area contributed by atoms with E-state index in [1.54, 1.807) is 13.1 Å². The molecule has 5 rings (SSSR count). The van der Waals surface area contributed by atoms with E-state index in [1.807, 2.05) is 83.5 Å². The Morgan fingerprint density at radius 1 is 1.00 bits per heavy atom. The summed E-state index contributed by atoms with van der Waals surface area (Å²) in [5.41, 5.74) is 3.29. The van der Waals surface area contributed by atoms with Gasteiger partial charge in [-0.2, -0.15) is 5.10 Å². The van der Waals surface area contributed by atoms with E-state index in [0.29, 0.717) is 24.7 Å². The maximum absolute atomic E-state index is 12.0. The number of carbonyl (C=O) groups excluding carboxylic acids is 2. The molecule has 0 fully saturated rings. The summed E-state index contributed by atoms with van der Waals surface area (Å²) in [6.45, 7) is 2.61. The van der Waals surface area contributed by atoms with Crippen LogP contribution < -0.4 is 4.90 Å². The number of pyridine rings is 1. The monoisotopic (exact) mass is 464 g/mol. The molecule has 2 aromatic heterocycles. The first-order valence-corrected chi connectivity index (χ1v) is 11.4. The molecule has 0 aliphatic carbocycles. The molecule has 1 amide bonds. The van der Waals surface area contributed by atoms with Crippen molar-refractivity contribution in [1.29, 1.82) is 0 Å². The smallest absolute Gasteiger partial charge is 0.311 e. The fourth-order valence-corrected chi connectivity index (χ4v) is 4.20. The first-order valence-electron chi connectivity index (χ1n) is 11.4. The molecule has 0 aliphatic rings. The number of carbonyl (C=O) groups is 2. The fourth-order valence-electron chi connectivity index (χ4n) is 4.20. The molecule has 174 valence electrons. The van der Waals surface area contributed by atoms with E-state index in [4.69, 9.17) is 4.74 Å². The number of amides is 1. The van der Waals surface area contributed by atoms with E-state index in [9.17, 15) is 9.59 Å². The van der Waals surface area contributed by atoms with Crippen molar-refractivity contribution in [3.05, 3.63) is 96.3 Å². The van der Waals surface area contributed by atoms with Crippen molar-refractivity contribution in [3.63, 3.8) is 0 Å². The number of hydrogen-bond acceptors (Lipinski definition) is 5. The average molecular weight is 465 g/mol. The van der Waals surface area contributed by atoms with Gasteiger partial charge in [0.15, 0.2) is 0 Å². The largest absolute Gasteiger partial charge is 0.466 e. The van der Waals surface area contributed by atoms with Gasteiger partial charge in [-0.15, -0.1) is 0 Å². The Balaban J connectivity index is 1.40. The minimum atomic E-state index is -0.295. The minimum absolute atomic E-state index is 0.124. The molecule has 2 heterocycles. The maximum atomic E-state index is 12.0. The fraction of sp³-hybridized carbons (Fsp3) is 0.143. The predicted octanol–water partition coefficient (Wildman–Crippen LogP) is 5.03.